The molecule has 8 heteroatoms. The number of fused-ring (bicyclic) bond motifs is 1. The van der Waals surface area contributed by atoms with Crippen LogP contribution >= 0.6 is 11.3 Å². The van der Waals surface area contributed by atoms with Crippen LogP contribution < -0.4 is 4.31 Å². The van der Waals surface area contributed by atoms with Gasteiger partial charge in [0.05, 0.1) is 17.5 Å². The molecule has 1 heterocycles. The minimum atomic E-state index is -4.06. The summed E-state index contributed by atoms with van der Waals surface area (Å²) in [5.41, 5.74) is 0.759. The van der Waals surface area contributed by atoms with Crippen LogP contribution in [0.3, 0.4) is 0 Å². The van der Waals surface area contributed by atoms with Gasteiger partial charge in [0, 0.05) is 15.6 Å². The molecule has 4 nitrogen and oxygen atoms in total. The van der Waals surface area contributed by atoms with Gasteiger partial charge < -0.3 is 5.11 Å². The van der Waals surface area contributed by atoms with Gasteiger partial charge in [-0.05, 0) is 42.8 Å². The zero-order chi connectivity index (χ0) is 22.2. The average molecular weight is 460 g/mol. The van der Waals surface area contributed by atoms with Crippen LogP contribution in [0.4, 0.5) is 13.8 Å². The Labute approximate surface area is 183 Å². The summed E-state index contributed by atoms with van der Waals surface area (Å²) < 4.78 is 56.5. The minimum Gasteiger partial charge on any atom is -0.389 e. The van der Waals surface area contributed by atoms with E-state index in [4.69, 9.17) is 0 Å². The maximum Gasteiger partial charge on any atom is 0.265 e. The van der Waals surface area contributed by atoms with Crippen molar-refractivity contribution in [3.63, 3.8) is 0 Å². The van der Waals surface area contributed by atoms with Gasteiger partial charge in [-0.25, -0.2) is 17.2 Å². The van der Waals surface area contributed by atoms with Crippen LogP contribution in [0.1, 0.15) is 24.2 Å². The van der Waals surface area contributed by atoms with Crippen molar-refractivity contribution in [1.29, 1.82) is 0 Å². The second-order valence-corrected chi connectivity index (χ2v) is 9.96. The van der Waals surface area contributed by atoms with Crippen molar-refractivity contribution < 1.29 is 22.3 Å². The Kier molecular flexibility index (Phi) is 5.79. The molecular formula is C23H19F2NO3S2. The molecule has 0 radical (unpaired) electrons. The number of sulfonamides is 1. The molecule has 160 valence electrons. The molecule has 4 aromatic rings. The van der Waals surface area contributed by atoms with E-state index in [2.05, 4.69) is 0 Å². The van der Waals surface area contributed by atoms with E-state index in [0.717, 1.165) is 26.5 Å². The third-order valence-corrected chi connectivity index (χ3v) is 7.98. The van der Waals surface area contributed by atoms with E-state index < -0.39 is 27.8 Å². The number of aliphatic hydroxyl groups is 1. The number of aliphatic hydroxyl groups excluding tert-OH is 1. The van der Waals surface area contributed by atoms with Gasteiger partial charge in [0.25, 0.3) is 10.0 Å². The SMILES string of the molecule is CC(O)c1c(N(Cc2ccc(F)c(F)c2)S(=O)(=O)c2ccccc2)sc2ccccc12. The monoisotopic (exact) mass is 459 g/mol. The van der Waals surface area contributed by atoms with Crippen molar-refractivity contribution in [2.45, 2.75) is 24.5 Å². The summed E-state index contributed by atoms with van der Waals surface area (Å²) in [6.07, 6.45) is -0.940. The zero-order valence-electron chi connectivity index (χ0n) is 16.5. The second-order valence-electron chi connectivity index (χ2n) is 7.07. The molecule has 0 bridgehead atoms. The first-order chi connectivity index (χ1) is 14.8. The summed E-state index contributed by atoms with van der Waals surface area (Å²) in [6.45, 7) is 1.35. The van der Waals surface area contributed by atoms with Crippen molar-refractivity contribution >= 4 is 36.4 Å². The molecule has 0 saturated carbocycles. The predicted octanol–water partition coefficient (Wildman–Crippen LogP) is 5.63. The van der Waals surface area contributed by atoms with E-state index in [1.807, 2.05) is 24.3 Å². The van der Waals surface area contributed by atoms with Crippen LogP contribution in [0.2, 0.25) is 0 Å². The molecule has 1 atom stereocenters. The van der Waals surface area contributed by atoms with Crippen LogP contribution in [0.15, 0.2) is 77.7 Å². The van der Waals surface area contributed by atoms with Crippen molar-refractivity contribution in [3.8, 4) is 0 Å². The van der Waals surface area contributed by atoms with Gasteiger partial charge in [-0.15, -0.1) is 11.3 Å². The number of rotatable bonds is 6. The van der Waals surface area contributed by atoms with E-state index in [0.29, 0.717) is 10.6 Å². The summed E-state index contributed by atoms with van der Waals surface area (Å²) in [5, 5.41) is 11.6. The van der Waals surface area contributed by atoms with Gasteiger partial charge in [0.1, 0.15) is 5.00 Å². The largest absolute Gasteiger partial charge is 0.389 e. The van der Waals surface area contributed by atoms with Crippen LogP contribution in [0.25, 0.3) is 10.1 Å². The number of nitrogens with zero attached hydrogens (tertiary/aromatic N) is 1. The fourth-order valence-electron chi connectivity index (χ4n) is 3.43. The summed E-state index contributed by atoms with van der Waals surface area (Å²) >= 11 is 1.23. The smallest absolute Gasteiger partial charge is 0.265 e. The first-order valence-electron chi connectivity index (χ1n) is 9.50. The Hall–Kier alpha value is -2.81. The number of halogens is 2. The lowest BCUT2D eigenvalue weighted by molar-refractivity contribution is 0.201. The molecule has 0 fully saturated rings. The molecular weight excluding hydrogens is 440 g/mol. The van der Waals surface area contributed by atoms with E-state index in [1.54, 1.807) is 25.1 Å². The summed E-state index contributed by atoms with van der Waals surface area (Å²) in [6, 6.07) is 18.5. The topological polar surface area (TPSA) is 57.6 Å². The molecule has 0 aliphatic carbocycles. The Morgan fingerprint density at radius 1 is 0.968 bits per heavy atom. The number of benzene rings is 3. The third kappa shape index (κ3) is 4.06. The highest BCUT2D eigenvalue weighted by Crippen LogP contribution is 2.44. The maximum atomic E-state index is 13.8. The second kappa shape index (κ2) is 8.37. The molecule has 1 aromatic heterocycles. The quantitative estimate of drug-likeness (QED) is 0.407. The third-order valence-electron chi connectivity index (χ3n) is 4.90. The molecule has 0 aliphatic rings. The summed E-state index contributed by atoms with van der Waals surface area (Å²) in [5.74, 6) is -2.06. The molecule has 0 aliphatic heterocycles. The lowest BCUT2D eigenvalue weighted by Gasteiger charge is -2.25. The fraction of sp³-hybridized carbons (Fsp3) is 0.130. The van der Waals surface area contributed by atoms with E-state index in [1.165, 1.54) is 29.5 Å². The Bertz CT molecular complexity index is 1340. The summed E-state index contributed by atoms with van der Waals surface area (Å²) in [4.78, 5) is 0.0617. The normalized spacial score (nSPS) is 12.8. The highest BCUT2D eigenvalue weighted by atomic mass is 32.2. The van der Waals surface area contributed by atoms with Gasteiger partial charge in [-0.3, -0.25) is 4.31 Å². The molecule has 4 rings (SSSR count). The number of anilines is 1. The van der Waals surface area contributed by atoms with E-state index in [-0.39, 0.29) is 17.0 Å². The average Bonchev–Trinajstić information content (AvgIpc) is 3.14. The highest BCUT2D eigenvalue weighted by molar-refractivity contribution is 7.93. The number of thiophene rings is 1. The lowest BCUT2D eigenvalue weighted by atomic mass is 10.1. The first-order valence-corrected chi connectivity index (χ1v) is 11.8. The highest BCUT2D eigenvalue weighted by Gasteiger charge is 2.31. The number of hydrogen-bond acceptors (Lipinski definition) is 4. The van der Waals surface area contributed by atoms with Gasteiger partial charge in [0.15, 0.2) is 11.6 Å². The molecule has 3 aromatic carbocycles. The standard InChI is InChI=1S/C23H19F2NO3S2/c1-15(27)22-18-9-5-6-10-21(18)30-23(22)26(14-16-11-12-19(24)20(25)13-16)31(28,29)17-7-3-2-4-8-17/h2-13,15,27H,14H2,1H3. The molecule has 0 spiro atoms. The van der Waals surface area contributed by atoms with Gasteiger partial charge in [-0.2, -0.15) is 0 Å². The van der Waals surface area contributed by atoms with Gasteiger partial charge in [0.2, 0.25) is 0 Å². The molecule has 1 N–H and O–H groups in total. The van der Waals surface area contributed by atoms with Crippen molar-refractivity contribution in [3.05, 3.63) is 95.6 Å². The Balaban J connectivity index is 1.94. The molecule has 0 amide bonds. The Morgan fingerprint density at radius 2 is 1.65 bits per heavy atom. The minimum absolute atomic E-state index is 0.0617. The van der Waals surface area contributed by atoms with E-state index >= 15 is 0 Å². The lowest BCUT2D eigenvalue weighted by Crippen LogP contribution is -2.31. The zero-order valence-corrected chi connectivity index (χ0v) is 18.1. The molecule has 1 unspecified atom stereocenters. The van der Waals surface area contributed by atoms with E-state index in [9.17, 15) is 22.3 Å². The Morgan fingerprint density at radius 3 is 2.32 bits per heavy atom. The van der Waals surface area contributed by atoms with Gasteiger partial charge >= 0.3 is 0 Å². The van der Waals surface area contributed by atoms with Crippen molar-refractivity contribution in [1.82, 2.24) is 0 Å². The van der Waals surface area contributed by atoms with Crippen molar-refractivity contribution in [2.24, 2.45) is 0 Å². The van der Waals surface area contributed by atoms with Crippen LogP contribution in [-0.2, 0) is 16.6 Å². The van der Waals surface area contributed by atoms with Crippen LogP contribution in [0, 0.1) is 11.6 Å². The number of hydrogen-bond donors (Lipinski definition) is 1. The first kappa shape index (κ1) is 21.4. The van der Waals surface area contributed by atoms with Crippen LogP contribution in [0.5, 0.6) is 0 Å². The molecule has 31 heavy (non-hydrogen) atoms. The summed E-state index contributed by atoms with van der Waals surface area (Å²) in [7, 11) is -4.06. The van der Waals surface area contributed by atoms with Crippen molar-refractivity contribution in [2.75, 3.05) is 4.31 Å². The van der Waals surface area contributed by atoms with Gasteiger partial charge in [-0.1, -0.05) is 42.5 Å². The van der Waals surface area contributed by atoms with Crippen LogP contribution in [-0.4, -0.2) is 13.5 Å². The maximum absolute atomic E-state index is 13.8. The fourth-order valence-corrected chi connectivity index (χ4v) is 6.43. The molecule has 0 saturated heterocycles. The predicted molar refractivity (Wildman–Crippen MR) is 119 cm³/mol.